The molecule has 0 saturated heterocycles. The van der Waals surface area contributed by atoms with Crippen molar-refractivity contribution >= 4 is 5.78 Å². The normalized spacial score (nSPS) is 52.4. The number of carbonyl (C=O) groups is 1. The molecule has 0 aromatic carbocycles. The van der Waals surface area contributed by atoms with Crippen molar-refractivity contribution in [1.29, 1.82) is 0 Å². The number of hydrogen-bond acceptors (Lipinski definition) is 3. The fraction of sp³-hybridized carbons (Fsp3) is 0.957. The zero-order chi connectivity index (χ0) is 18.1. The van der Waals surface area contributed by atoms with E-state index in [1.807, 2.05) is 0 Å². The fourth-order valence-corrected chi connectivity index (χ4v) is 8.75. The van der Waals surface area contributed by atoms with Crippen LogP contribution in [0.5, 0.6) is 0 Å². The maximum Gasteiger partial charge on any atom is 0.145 e. The smallest absolute Gasteiger partial charge is 0.145 e. The molecule has 26 heavy (non-hydrogen) atoms. The van der Waals surface area contributed by atoms with Gasteiger partial charge in [-0.25, -0.2) is 0 Å². The van der Waals surface area contributed by atoms with Crippen molar-refractivity contribution in [2.45, 2.75) is 90.5 Å². The average Bonchev–Trinajstić information content (AvgIpc) is 3.20. The first kappa shape index (κ1) is 17.4. The number of Topliss-reactive ketones (excluding diaryl/α,β-unsaturated/α-hetero) is 1. The van der Waals surface area contributed by atoms with E-state index < -0.39 is 0 Å². The maximum atomic E-state index is 13.5. The molecule has 5 aliphatic carbocycles. The summed E-state index contributed by atoms with van der Waals surface area (Å²) in [5, 5.41) is 3.45. The molecule has 0 aromatic rings. The summed E-state index contributed by atoms with van der Waals surface area (Å²) in [4.78, 5) is 24.7. The molecule has 8 atom stereocenters. The molecule has 5 fully saturated rings. The van der Waals surface area contributed by atoms with E-state index in [0.717, 1.165) is 36.5 Å². The first-order chi connectivity index (χ1) is 12.5. The van der Waals surface area contributed by atoms with E-state index in [0.29, 0.717) is 17.6 Å². The Kier molecular flexibility index (Phi) is 3.93. The Morgan fingerprint density at radius 1 is 0.962 bits per heavy atom. The van der Waals surface area contributed by atoms with Crippen molar-refractivity contribution in [3.63, 3.8) is 0 Å². The lowest BCUT2D eigenvalue weighted by Gasteiger charge is -2.55. The summed E-state index contributed by atoms with van der Waals surface area (Å²) in [6.45, 7) is 4.58. The van der Waals surface area contributed by atoms with E-state index in [1.165, 1.54) is 57.8 Å². The Morgan fingerprint density at radius 3 is 2.46 bits per heavy atom. The van der Waals surface area contributed by atoms with E-state index >= 15 is 0 Å². The lowest BCUT2D eigenvalue weighted by Crippen LogP contribution is -2.50. The zero-order valence-electron chi connectivity index (χ0n) is 16.6. The maximum absolute atomic E-state index is 13.5. The van der Waals surface area contributed by atoms with Crippen LogP contribution in [0.2, 0.25) is 0 Å². The predicted molar refractivity (Wildman–Crippen MR) is 103 cm³/mol. The number of fused-ring (bicyclic) bond motifs is 5. The minimum Gasteiger partial charge on any atom is -0.298 e. The number of ketones is 1. The second-order valence-electron chi connectivity index (χ2n) is 11.0. The Bertz CT molecular complexity index is 609. The van der Waals surface area contributed by atoms with Crippen LogP contribution in [0.1, 0.15) is 84.5 Å². The standard InChI is InChI=1S/C23H35NO2/c1-14-11-18-15(12-20(14)24-26)5-6-17-16(18)7-10-22(2)19(17)13-23(21(22)25)8-3-4-9-23/h14-20H,3-13H2,1-2H3. The highest BCUT2D eigenvalue weighted by Gasteiger charge is 2.65. The number of hydrogen-bond donors (Lipinski definition) is 0. The molecule has 0 bridgehead atoms. The van der Waals surface area contributed by atoms with E-state index in [2.05, 4.69) is 19.0 Å². The van der Waals surface area contributed by atoms with Gasteiger partial charge in [-0.2, -0.15) is 4.91 Å². The third-order valence-electron chi connectivity index (χ3n) is 10.1. The highest BCUT2D eigenvalue weighted by molar-refractivity contribution is 5.93. The van der Waals surface area contributed by atoms with Crippen LogP contribution in [0.25, 0.3) is 0 Å². The third-order valence-corrected chi connectivity index (χ3v) is 10.1. The zero-order valence-corrected chi connectivity index (χ0v) is 16.6. The van der Waals surface area contributed by atoms with Gasteiger partial charge in [0.25, 0.3) is 0 Å². The van der Waals surface area contributed by atoms with Gasteiger partial charge in [-0.05, 0) is 93.3 Å². The minimum atomic E-state index is -0.0223. The van der Waals surface area contributed by atoms with Crippen LogP contribution in [0.3, 0.4) is 0 Å². The predicted octanol–water partition coefficient (Wildman–Crippen LogP) is 5.76. The van der Waals surface area contributed by atoms with Gasteiger partial charge in [0, 0.05) is 10.8 Å². The van der Waals surface area contributed by atoms with Gasteiger partial charge in [0.05, 0.1) is 6.04 Å². The summed E-state index contributed by atoms with van der Waals surface area (Å²) in [7, 11) is 0. The molecule has 0 aliphatic heterocycles. The number of rotatable bonds is 1. The molecule has 0 N–H and O–H groups in total. The molecule has 0 heterocycles. The van der Waals surface area contributed by atoms with Crippen LogP contribution in [0.4, 0.5) is 0 Å². The monoisotopic (exact) mass is 357 g/mol. The van der Waals surface area contributed by atoms with Crippen LogP contribution in [-0.2, 0) is 4.79 Å². The van der Waals surface area contributed by atoms with E-state index in [9.17, 15) is 9.70 Å². The molecule has 5 saturated carbocycles. The summed E-state index contributed by atoms with van der Waals surface area (Å²) in [5.41, 5.74) is 0.0447. The van der Waals surface area contributed by atoms with Gasteiger partial charge in [-0.1, -0.05) is 31.9 Å². The average molecular weight is 358 g/mol. The van der Waals surface area contributed by atoms with Gasteiger partial charge < -0.3 is 0 Å². The summed E-state index contributed by atoms with van der Waals surface area (Å²) in [6.07, 6.45) is 13.3. The van der Waals surface area contributed by atoms with Gasteiger partial charge in [-0.3, -0.25) is 4.79 Å². The van der Waals surface area contributed by atoms with Crippen molar-refractivity contribution in [3.8, 4) is 0 Å². The second-order valence-corrected chi connectivity index (χ2v) is 11.0. The highest BCUT2D eigenvalue weighted by atomic mass is 16.3. The summed E-state index contributed by atoms with van der Waals surface area (Å²) < 4.78 is 0. The first-order valence-corrected chi connectivity index (χ1v) is 11.4. The number of carbonyl (C=O) groups excluding carboxylic acids is 1. The molecular weight excluding hydrogens is 322 g/mol. The molecular formula is C23H35NO2. The fourth-order valence-electron chi connectivity index (χ4n) is 8.75. The van der Waals surface area contributed by atoms with Crippen molar-refractivity contribution in [2.24, 2.45) is 51.5 Å². The summed E-state index contributed by atoms with van der Waals surface area (Å²) >= 11 is 0. The molecule has 0 radical (unpaired) electrons. The third kappa shape index (κ3) is 2.21. The quantitative estimate of drug-likeness (QED) is 0.560. The Balaban J connectivity index is 1.42. The van der Waals surface area contributed by atoms with Crippen LogP contribution in [-0.4, -0.2) is 11.8 Å². The molecule has 8 unspecified atom stereocenters. The molecule has 5 aliphatic rings. The van der Waals surface area contributed by atoms with Crippen molar-refractivity contribution in [1.82, 2.24) is 0 Å². The van der Waals surface area contributed by atoms with Gasteiger partial charge in [0.2, 0.25) is 0 Å². The highest BCUT2D eigenvalue weighted by Crippen LogP contribution is 2.67. The first-order valence-electron chi connectivity index (χ1n) is 11.4. The van der Waals surface area contributed by atoms with Gasteiger partial charge in [0.1, 0.15) is 5.78 Å². The Labute approximate surface area is 158 Å². The summed E-state index contributed by atoms with van der Waals surface area (Å²) in [6, 6.07) is 0.0523. The minimum absolute atomic E-state index is 0.0223. The second kappa shape index (κ2) is 5.88. The van der Waals surface area contributed by atoms with E-state index in [1.54, 1.807) is 0 Å². The Morgan fingerprint density at radius 2 is 1.73 bits per heavy atom. The molecule has 3 nitrogen and oxygen atoms in total. The molecule has 1 spiro atoms. The largest absolute Gasteiger partial charge is 0.298 e. The number of nitrogens with zero attached hydrogens (tertiary/aromatic N) is 1. The molecule has 0 amide bonds. The molecule has 0 aromatic heterocycles. The van der Waals surface area contributed by atoms with Crippen molar-refractivity contribution in [3.05, 3.63) is 4.91 Å². The van der Waals surface area contributed by atoms with Crippen LogP contribution >= 0.6 is 0 Å². The lowest BCUT2D eigenvalue weighted by molar-refractivity contribution is -0.138. The molecule has 3 heteroatoms. The van der Waals surface area contributed by atoms with Crippen LogP contribution in [0.15, 0.2) is 5.18 Å². The van der Waals surface area contributed by atoms with Gasteiger partial charge in [0.15, 0.2) is 0 Å². The van der Waals surface area contributed by atoms with Gasteiger partial charge >= 0.3 is 0 Å². The lowest BCUT2D eigenvalue weighted by atomic mass is 9.49. The van der Waals surface area contributed by atoms with E-state index in [-0.39, 0.29) is 16.9 Å². The molecule has 5 rings (SSSR count). The summed E-state index contributed by atoms with van der Waals surface area (Å²) in [5.74, 6) is 4.85. The van der Waals surface area contributed by atoms with Gasteiger partial charge in [-0.15, -0.1) is 0 Å². The van der Waals surface area contributed by atoms with Crippen molar-refractivity contribution < 1.29 is 4.79 Å². The topological polar surface area (TPSA) is 46.5 Å². The SMILES string of the molecule is CC1CC2C(CCC3C2CCC2(C)C(=O)C4(CCCC4)CC32)CC1N=O. The van der Waals surface area contributed by atoms with E-state index in [4.69, 9.17) is 0 Å². The van der Waals surface area contributed by atoms with Crippen LogP contribution in [0, 0.1) is 51.2 Å². The molecule has 144 valence electrons. The Hall–Kier alpha value is -0.730. The number of nitroso groups, excluding NO2 is 1. The van der Waals surface area contributed by atoms with Crippen molar-refractivity contribution in [2.75, 3.05) is 0 Å². The van der Waals surface area contributed by atoms with Crippen LogP contribution < -0.4 is 0 Å².